The first-order valence-corrected chi connectivity index (χ1v) is 9.16. The van der Waals surface area contributed by atoms with Gasteiger partial charge in [0.15, 0.2) is 5.82 Å². The van der Waals surface area contributed by atoms with Crippen molar-refractivity contribution in [3.63, 3.8) is 0 Å². The van der Waals surface area contributed by atoms with E-state index in [-0.39, 0.29) is 24.2 Å². The van der Waals surface area contributed by atoms with Crippen molar-refractivity contribution < 1.29 is 13.6 Å². The molecule has 8 nitrogen and oxygen atoms in total. The third kappa shape index (κ3) is 3.10. The predicted octanol–water partition coefficient (Wildman–Crippen LogP) is 2.16. The van der Waals surface area contributed by atoms with E-state index in [4.69, 9.17) is 0 Å². The third-order valence-corrected chi connectivity index (χ3v) is 5.40. The van der Waals surface area contributed by atoms with E-state index in [1.807, 2.05) is 0 Å². The second-order valence-electron chi connectivity index (χ2n) is 6.69. The number of amides is 1. The molecule has 2 heterocycles. The number of H-pyrrole nitrogens is 1. The number of fused-ring (bicyclic) bond motifs is 1. The molecule has 2 aromatic heterocycles. The van der Waals surface area contributed by atoms with Crippen LogP contribution in [0.25, 0.3) is 11.0 Å². The van der Waals surface area contributed by atoms with Gasteiger partial charge in [-0.05, 0) is 37.8 Å². The van der Waals surface area contributed by atoms with E-state index in [9.17, 15) is 18.8 Å². The first-order valence-electron chi connectivity index (χ1n) is 8.10. The second kappa shape index (κ2) is 5.82. The number of aromatic amines is 1. The molecule has 2 fully saturated rings. The molecule has 4 rings (SSSR count). The van der Waals surface area contributed by atoms with Crippen molar-refractivity contribution in [2.75, 3.05) is 16.2 Å². The average Bonchev–Trinajstić information content (AvgIpc) is 3.50. The van der Waals surface area contributed by atoms with Gasteiger partial charge >= 0.3 is 0 Å². The molecular formula is C16H17N5O3S. The SMILES string of the molecule is N#CC1(CN(c2cc3cc[nH]c3nc2NC(=O)C2CC2)S(=O)O)CC1. The highest BCUT2D eigenvalue weighted by atomic mass is 32.2. The molecule has 0 radical (unpaired) electrons. The summed E-state index contributed by atoms with van der Waals surface area (Å²) in [5, 5.41) is 12.9. The largest absolute Gasteiger partial charge is 0.346 e. The Morgan fingerprint density at radius 3 is 2.92 bits per heavy atom. The average molecular weight is 359 g/mol. The monoisotopic (exact) mass is 359 g/mol. The number of carbonyl (C=O) groups excluding carboxylic acids is 1. The van der Waals surface area contributed by atoms with Crippen molar-refractivity contribution in [3.8, 4) is 6.07 Å². The van der Waals surface area contributed by atoms with Crippen molar-refractivity contribution >= 4 is 39.7 Å². The van der Waals surface area contributed by atoms with Gasteiger partial charge in [0.1, 0.15) is 5.65 Å². The Kier molecular flexibility index (Phi) is 3.74. The Morgan fingerprint density at radius 1 is 1.56 bits per heavy atom. The van der Waals surface area contributed by atoms with Crippen LogP contribution < -0.4 is 9.62 Å². The van der Waals surface area contributed by atoms with Gasteiger partial charge < -0.3 is 10.3 Å². The maximum absolute atomic E-state index is 12.2. The minimum atomic E-state index is -2.33. The number of nitrogens with zero attached hydrogens (tertiary/aromatic N) is 3. The number of anilines is 2. The van der Waals surface area contributed by atoms with Crippen LogP contribution in [0.2, 0.25) is 0 Å². The smallest absolute Gasteiger partial charge is 0.262 e. The van der Waals surface area contributed by atoms with Gasteiger partial charge in [0, 0.05) is 17.5 Å². The first kappa shape index (κ1) is 16.1. The predicted molar refractivity (Wildman–Crippen MR) is 92.8 cm³/mol. The number of carbonyl (C=O) groups is 1. The van der Waals surface area contributed by atoms with E-state index in [0.29, 0.717) is 24.2 Å². The van der Waals surface area contributed by atoms with E-state index < -0.39 is 16.7 Å². The summed E-state index contributed by atoms with van der Waals surface area (Å²) in [5.41, 5.74) is 0.326. The molecule has 1 unspecified atom stereocenters. The summed E-state index contributed by atoms with van der Waals surface area (Å²) in [4.78, 5) is 19.6. The zero-order valence-corrected chi connectivity index (χ0v) is 14.2. The van der Waals surface area contributed by atoms with Crippen LogP contribution in [0.15, 0.2) is 18.3 Å². The van der Waals surface area contributed by atoms with Gasteiger partial charge in [0.05, 0.1) is 23.7 Å². The molecule has 0 saturated heterocycles. The molecule has 2 aliphatic rings. The van der Waals surface area contributed by atoms with Crippen molar-refractivity contribution in [1.82, 2.24) is 9.97 Å². The van der Waals surface area contributed by atoms with Gasteiger partial charge in [0.25, 0.3) is 11.3 Å². The number of nitrogens with one attached hydrogen (secondary N) is 2. The van der Waals surface area contributed by atoms with Gasteiger partial charge in [0.2, 0.25) is 5.91 Å². The quantitative estimate of drug-likeness (QED) is 0.682. The Morgan fingerprint density at radius 2 is 2.32 bits per heavy atom. The molecule has 1 atom stereocenters. The fourth-order valence-electron chi connectivity index (χ4n) is 2.77. The summed E-state index contributed by atoms with van der Waals surface area (Å²) in [5.74, 6) is 0.0867. The summed E-state index contributed by atoms with van der Waals surface area (Å²) in [7, 11) is 0. The van der Waals surface area contributed by atoms with Gasteiger partial charge in [-0.2, -0.15) is 5.26 Å². The molecule has 2 aromatic rings. The van der Waals surface area contributed by atoms with E-state index in [1.54, 1.807) is 18.3 Å². The summed E-state index contributed by atoms with van der Waals surface area (Å²) in [6, 6.07) is 5.74. The lowest BCUT2D eigenvalue weighted by Crippen LogP contribution is -2.32. The molecule has 25 heavy (non-hydrogen) atoms. The highest BCUT2D eigenvalue weighted by molar-refractivity contribution is 7.80. The number of aromatic nitrogens is 2. The maximum Gasteiger partial charge on any atom is 0.262 e. The van der Waals surface area contributed by atoms with Crippen molar-refractivity contribution in [2.24, 2.45) is 11.3 Å². The standard InChI is InChI=1S/C16H17N5O3S/c17-8-16(4-5-16)9-21(25(23)24)12-7-11-3-6-18-13(11)19-14(12)20-15(22)10-1-2-10/h3,6-7,10H,1-2,4-5,9H2,(H,23,24)(H2,18,19,20,22). The van der Waals surface area contributed by atoms with Gasteiger partial charge in [-0.15, -0.1) is 0 Å². The van der Waals surface area contributed by atoms with Crippen molar-refractivity contribution in [1.29, 1.82) is 5.26 Å². The molecule has 1 amide bonds. The molecule has 0 bridgehead atoms. The molecule has 0 aliphatic heterocycles. The highest BCUT2D eigenvalue weighted by Gasteiger charge is 2.46. The minimum Gasteiger partial charge on any atom is -0.346 e. The molecule has 130 valence electrons. The van der Waals surface area contributed by atoms with E-state index in [1.165, 1.54) is 4.31 Å². The van der Waals surface area contributed by atoms with Crippen LogP contribution in [0.4, 0.5) is 11.5 Å². The molecule has 9 heteroatoms. The Balaban J connectivity index is 1.75. The topological polar surface area (TPSA) is 122 Å². The van der Waals surface area contributed by atoms with Crippen molar-refractivity contribution in [3.05, 3.63) is 18.3 Å². The summed E-state index contributed by atoms with van der Waals surface area (Å²) < 4.78 is 23.0. The third-order valence-electron chi connectivity index (χ3n) is 4.70. The van der Waals surface area contributed by atoms with Crippen LogP contribution in [0.3, 0.4) is 0 Å². The molecular weight excluding hydrogens is 342 g/mol. The lowest BCUT2D eigenvalue weighted by atomic mass is 10.1. The normalized spacial score (nSPS) is 19.2. The van der Waals surface area contributed by atoms with Gasteiger partial charge in [-0.3, -0.25) is 13.7 Å². The number of hydrogen-bond donors (Lipinski definition) is 3. The fourth-order valence-corrected chi connectivity index (χ4v) is 3.44. The summed E-state index contributed by atoms with van der Waals surface area (Å²) >= 11 is -2.33. The Hall–Kier alpha value is -2.44. The van der Waals surface area contributed by atoms with E-state index >= 15 is 0 Å². The van der Waals surface area contributed by atoms with Crippen molar-refractivity contribution in [2.45, 2.75) is 25.7 Å². The summed E-state index contributed by atoms with van der Waals surface area (Å²) in [6.45, 7) is 0.122. The lowest BCUT2D eigenvalue weighted by Gasteiger charge is -2.24. The van der Waals surface area contributed by atoms with Crippen LogP contribution >= 0.6 is 0 Å². The number of pyridine rings is 1. The lowest BCUT2D eigenvalue weighted by molar-refractivity contribution is -0.117. The highest BCUT2D eigenvalue weighted by Crippen LogP contribution is 2.47. The van der Waals surface area contributed by atoms with Gasteiger partial charge in [-0.25, -0.2) is 9.19 Å². The van der Waals surface area contributed by atoms with E-state index in [0.717, 1.165) is 18.2 Å². The number of rotatable bonds is 6. The maximum atomic E-state index is 12.2. The van der Waals surface area contributed by atoms with Crippen LogP contribution in [0.5, 0.6) is 0 Å². The zero-order chi connectivity index (χ0) is 17.6. The molecule has 0 spiro atoms. The fraction of sp³-hybridized carbons (Fsp3) is 0.438. The second-order valence-corrected chi connectivity index (χ2v) is 7.60. The molecule has 2 saturated carbocycles. The first-order chi connectivity index (χ1) is 12.0. The summed E-state index contributed by atoms with van der Waals surface area (Å²) in [6.07, 6.45) is 4.80. The molecule has 3 N–H and O–H groups in total. The van der Waals surface area contributed by atoms with Crippen LogP contribution in [0, 0.1) is 22.7 Å². The molecule has 0 aromatic carbocycles. The zero-order valence-electron chi connectivity index (χ0n) is 13.4. The molecule has 2 aliphatic carbocycles. The van der Waals surface area contributed by atoms with Crippen LogP contribution in [0.1, 0.15) is 25.7 Å². The van der Waals surface area contributed by atoms with Crippen LogP contribution in [-0.4, -0.2) is 31.2 Å². The Bertz CT molecular complexity index is 910. The van der Waals surface area contributed by atoms with E-state index in [2.05, 4.69) is 21.4 Å². The Labute approximate surface area is 146 Å². The number of nitriles is 1. The van der Waals surface area contributed by atoms with Gasteiger partial charge in [-0.1, -0.05) is 0 Å². The number of hydrogen-bond acceptors (Lipinski definition) is 4. The minimum absolute atomic E-state index is 0.0176. The van der Waals surface area contributed by atoms with Crippen LogP contribution in [-0.2, 0) is 16.1 Å².